The Hall–Kier alpha value is -1.48. The van der Waals surface area contributed by atoms with Gasteiger partial charge in [0.25, 0.3) is 0 Å². The number of morpholine rings is 1. The molecule has 1 aliphatic rings. The van der Waals surface area contributed by atoms with Crippen LogP contribution >= 0.6 is 22.7 Å². The zero-order valence-corrected chi connectivity index (χ0v) is 19.8. The van der Waals surface area contributed by atoms with Crippen LogP contribution in [-0.4, -0.2) is 55.7 Å². The number of aromatic nitrogens is 1. The van der Waals surface area contributed by atoms with Crippen molar-refractivity contribution in [3.8, 4) is 0 Å². The summed E-state index contributed by atoms with van der Waals surface area (Å²) < 4.78 is 5.55. The fourth-order valence-electron chi connectivity index (χ4n) is 3.24. The lowest BCUT2D eigenvalue weighted by Crippen LogP contribution is -2.46. The summed E-state index contributed by atoms with van der Waals surface area (Å²) >= 11 is 3.57. The number of aryl methyl sites for hydroxylation is 1. The van der Waals surface area contributed by atoms with Gasteiger partial charge in [-0.15, -0.1) is 22.7 Å². The van der Waals surface area contributed by atoms with Crippen LogP contribution in [0.25, 0.3) is 0 Å². The highest BCUT2D eigenvalue weighted by molar-refractivity contribution is 7.12. The van der Waals surface area contributed by atoms with E-state index in [-0.39, 0.29) is 5.41 Å². The quantitative estimate of drug-likeness (QED) is 0.537. The van der Waals surface area contributed by atoms with Gasteiger partial charge < -0.3 is 15.4 Å². The number of rotatable bonds is 6. The van der Waals surface area contributed by atoms with Crippen LogP contribution < -0.4 is 10.6 Å². The van der Waals surface area contributed by atoms with E-state index in [0.29, 0.717) is 12.6 Å². The van der Waals surface area contributed by atoms with Crippen molar-refractivity contribution in [2.45, 2.75) is 45.7 Å². The second-order valence-electron chi connectivity index (χ2n) is 8.30. The lowest BCUT2D eigenvalue weighted by Gasteiger charge is -2.34. The first-order chi connectivity index (χ1) is 13.9. The molecule has 0 bridgehead atoms. The molecule has 1 atom stereocenters. The van der Waals surface area contributed by atoms with Crippen LogP contribution in [0.1, 0.15) is 47.3 Å². The van der Waals surface area contributed by atoms with Gasteiger partial charge in [-0.25, -0.2) is 4.98 Å². The summed E-state index contributed by atoms with van der Waals surface area (Å²) in [5.41, 5.74) is 1.22. The highest BCUT2D eigenvalue weighted by Gasteiger charge is 2.24. The van der Waals surface area contributed by atoms with E-state index >= 15 is 0 Å². The fraction of sp³-hybridized carbons (Fsp3) is 0.619. The van der Waals surface area contributed by atoms with Gasteiger partial charge in [0.1, 0.15) is 5.01 Å². The summed E-state index contributed by atoms with van der Waals surface area (Å²) in [5.74, 6) is 0.809. The minimum atomic E-state index is 0.0822. The number of hydrogen-bond donors (Lipinski definition) is 2. The molecule has 0 amide bonds. The lowest BCUT2D eigenvalue weighted by atomic mass is 9.93. The zero-order chi connectivity index (χ0) is 20.9. The van der Waals surface area contributed by atoms with Crippen LogP contribution in [0.15, 0.2) is 22.5 Å². The van der Waals surface area contributed by atoms with Crippen molar-refractivity contribution < 1.29 is 4.74 Å². The Bertz CT molecular complexity index is 802. The fourth-order valence-corrected chi connectivity index (χ4v) is 5.21. The number of thiophene rings is 1. The average molecular weight is 436 g/mol. The molecule has 29 heavy (non-hydrogen) atoms. The normalized spacial score (nSPS) is 17.3. The predicted molar refractivity (Wildman–Crippen MR) is 123 cm³/mol. The smallest absolute Gasteiger partial charge is 0.191 e. The molecule has 0 aliphatic carbocycles. The first kappa shape index (κ1) is 22.2. The number of aliphatic imine (C=N–C) groups is 1. The SMILES string of the molecule is CN=C(NCc1nc(C(C)(C)C)cs1)NCC(c1ccc(C)s1)N1CCOCC1. The topological polar surface area (TPSA) is 61.8 Å². The van der Waals surface area contributed by atoms with Gasteiger partial charge in [0, 0.05) is 47.2 Å². The number of guanidine groups is 1. The number of ether oxygens (including phenoxy) is 1. The molecule has 0 spiro atoms. The molecule has 6 nitrogen and oxygen atoms in total. The maximum atomic E-state index is 5.55. The molecule has 2 aromatic heterocycles. The molecule has 0 saturated carbocycles. The molecule has 3 rings (SSSR count). The van der Waals surface area contributed by atoms with E-state index in [9.17, 15) is 0 Å². The molecule has 160 valence electrons. The van der Waals surface area contributed by atoms with Crippen LogP contribution in [0.5, 0.6) is 0 Å². The summed E-state index contributed by atoms with van der Waals surface area (Å²) in [4.78, 5) is 14.4. The van der Waals surface area contributed by atoms with Crippen molar-refractivity contribution in [1.29, 1.82) is 0 Å². The van der Waals surface area contributed by atoms with Gasteiger partial charge in [0.2, 0.25) is 0 Å². The van der Waals surface area contributed by atoms with Crippen LogP contribution in [0.2, 0.25) is 0 Å². The second kappa shape index (κ2) is 10.0. The summed E-state index contributed by atoms with van der Waals surface area (Å²) in [6.45, 7) is 13.8. The van der Waals surface area contributed by atoms with Crippen LogP contribution in [0, 0.1) is 6.92 Å². The molecule has 2 N–H and O–H groups in total. The van der Waals surface area contributed by atoms with E-state index in [1.807, 2.05) is 18.4 Å². The van der Waals surface area contributed by atoms with Gasteiger partial charge in [0.15, 0.2) is 5.96 Å². The maximum absolute atomic E-state index is 5.55. The minimum absolute atomic E-state index is 0.0822. The highest BCUT2D eigenvalue weighted by atomic mass is 32.1. The van der Waals surface area contributed by atoms with Gasteiger partial charge in [-0.1, -0.05) is 20.8 Å². The van der Waals surface area contributed by atoms with Crippen LogP contribution in [0.3, 0.4) is 0 Å². The standard InChI is InChI=1S/C21H33N5OS2/c1-15-6-7-17(29-15)16(26-8-10-27-11-9-26)12-23-20(22-5)24-13-19-25-18(14-28-19)21(2,3)4/h6-7,14,16H,8-13H2,1-5H3,(H2,22,23,24). The van der Waals surface area contributed by atoms with Crippen molar-refractivity contribution >= 4 is 28.6 Å². The molecule has 1 aliphatic heterocycles. The van der Waals surface area contributed by atoms with Crippen molar-refractivity contribution in [3.05, 3.63) is 38.0 Å². The predicted octanol–water partition coefficient (Wildman–Crippen LogP) is 3.55. The third-order valence-electron chi connectivity index (χ3n) is 4.99. The molecule has 1 unspecified atom stereocenters. The molecular formula is C21H33N5OS2. The zero-order valence-electron chi connectivity index (χ0n) is 18.1. The Kier molecular flexibility index (Phi) is 7.67. The third-order valence-corrected chi connectivity index (χ3v) is 6.94. The molecule has 0 aromatic carbocycles. The monoisotopic (exact) mass is 435 g/mol. The van der Waals surface area contributed by atoms with Crippen molar-refractivity contribution in [1.82, 2.24) is 20.5 Å². The Morgan fingerprint density at radius 3 is 2.62 bits per heavy atom. The van der Waals surface area contributed by atoms with Gasteiger partial charge in [-0.3, -0.25) is 9.89 Å². The largest absolute Gasteiger partial charge is 0.379 e. The van der Waals surface area contributed by atoms with E-state index in [4.69, 9.17) is 9.72 Å². The Morgan fingerprint density at radius 1 is 1.28 bits per heavy atom. The maximum Gasteiger partial charge on any atom is 0.191 e. The van der Waals surface area contributed by atoms with Crippen molar-refractivity contribution in [3.63, 3.8) is 0 Å². The van der Waals surface area contributed by atoms with E-state index in [2.05, 4.69) is 65.7 Å². The molecule has 3 heterocycles. The minimum Gasteiger partial charge on any atom is -0.379 e. The molecular weight excluding hydrogens is 402 g/mol. The van der Waals surface area contributed by atoms with E-state index < -0.39 is 0 Å². The summed E-state index contributed by atoms with van der Waals surface area (Å²) in [7, 11) is 1.82. The van der Waals surface area contributed by atoms with E-state index in [1.54, 1.807) is 11.3 Å². The van der Waals surface area contributed by atoms with Gasteiger partial charge in [-0.2, -0.15) is 0 Å². The number of hydrogen-bond acceptors (Lipinski definition) is 6. The van der Waals surface area contributed by atoms with Crippen LogP contribution in [-0.2, 0) is 16.7 Å². The van der Waals surface area contributed by atoms with E-state index in [0.717, 1.165) is 49.5 Å². The number of thiazole rings is 1. The summed E-state index contributed by atoms with van der Waals surface area (Å²) in [6.07, 6.45) is 0. The average Bonchev–Trinajstić information content (AvgIpc) is 3.34. The first-order valence-electron chi connectivity index (χ1n) is 10.1. The van der Waals surface area contributed by atoms with Crippen LogP contribution in [0.4, 0.5) is 0 Å². The number of nitrogens with zero attached hydrogens (tertiary/aromatic N) is 3. The Balaban J connectivity index is 1.59. The lowest BCUT2D eigenvalue weighted by molar-refractivity contribution is 0.0177. The molecule has 8 heteroatoms. The molecule has 2 aromatic rings. The van der Waals surface area contributed by atoms with Gasteiger partial charge in [0.05, 0.1) is 31.5 Å². The summed E-state index contributed by atoms with van der Waals surface area (Å²) in [6, 6.07) is 4.78. The van der Waals surface area contributed by atoms with Gasteiger partial charge >= 0.3 is 0 Å². The second-order valence-corrected chi connectivity index (χ2v) is 10.6. The third kappa shape index (κ3) is 6.25. The molecule has 1 fully saturated rings. The number of nitrogens with one attached hydrogen (secondary N) is 2. The Morgan fingerprint density at radius 2 is 2.03 bits per heavy atom. The Labute approximate surface area is 182 Å². The van der Waals surface area contributed by atoms with Gasteiger partial charge in [-0.05, 0) is 19.1 Å². The van der Waals surface area contributed by atoms with Crippen molar-refractivity contribution in [2.24, 2.45) is 4.99 Å². The molecule has 1 saturated heterocycles. The molecule has 0 radical (unpaired) electrons. The van der Waals surface area contributed by atoms with Crippen molar-refractivity contribution in [2.75, 3.05) is 39.9 Å². The van der Waals surface area contributed by atoms with E-state index in [1.165, 1.54) is 9.75 Å². The summed E-state index contributed by atoms with van der Waals surface area (Å²) in [5, 5.41) is 10.2. The highest BCUT2D eigenvalue weighted by Crippen LogP contribution is 2.28. The first-order valence-corrected chi connectivity index (χ1v) is 11.8.